The van der Waals surface area contributed by atoms with E-state index in [4.69, 9.17) is 5.14 Å². The van der Waals surface area contributed by atoms with E-state index in [-0.39, 0.29) is 11.7 Å². The molecule has 0 aromatic heterocycles. The third-order valence-electron chi connectivity index (χ3n) is 3.48. The molecule has 3 N–H and O–H groups in total. The van der Waals surface area contributed by atoms with Gasteiger partial charge in [-0.3, -0.25) is 4.79 Å². The van der Waals surface area contributed by atoms with E-state index in [1.807, 2.05) is 38.1 Å². The van der Waals surface area contributed by atoms with Crippen molar-refractivity contribution in [2.75, 3.05) is 5.32 Å². The van der Waals surface area contributed by atoms with E-state index in [2.05, 4.69) is 5.32 Å². The SMILES string of the molecule is CC(=CC(=O)Nc1cccc(CS(N)(=O)=O)c1)c1ccccc1C. The lowest BCUT2D eigenvalue weighted by Crippen LogP contribution is -2.15. The molecule has 0 saturated carbocycles. The fourth-order valence-corrected chi connectivity index (χ4v) is 3.08. The third kappa shape index (κ3) is 5.33. The summed E-state index contributed by atoms with van der Waals surface area (Å²) >= 11 is 0. The van der Waals surface area contributed by atoms with Crippen LogP contribution in [-0.2, 0) is 20.6 Å². The molecule has 0 aliphatic carbocycles. The lowest BCUT2D eigenvalue weighted by molar-refractivity contribution is -0.111. The zero-order chi connectivity index (χ0) is 17.7. The van der Waals surface area contributed by atoms with Crippen molar-refractivity contribution in [1.29, 1.82) is 0 Å². The summed E-state index contributed by atoms with van der Waals surface area (Å²) in [5.74, 6) is -0.544. The average Bonchev–Trinajstić information content (AvgIpc) is 2.45. The number of hydrogen-bond donors (Lipinski definition) is 2. The number of sulfonamides is 1. The van der Waals surface area contributed by atoms with Gasteiger partial charge in [-0.15, -0.1) is 0 Å². The van der Waals surface area contributed by atoms with Gasteiger partial charge in [0.1, 0.15) is 0 Å². The highest BCUT2D eigenvalue weighted by Gasteiger charge is 2.07. The minimum Gasteiger partial charge on any atom is -0.322 e. The van der Waals surface area contributed by atoms with Crippen LogP contribution >= 0.6 is 0 Å². The first-order valence-electron chi connectivity index (χ1n) is 7.39. The van der Waals surface area contributed by atoms with Gasteiger partial charge in [-0.2, -0.15) is 0 Å². The van der Waals surface area contributed by atoms with Crippen molar-refractivity contribution in [3.8, 4) is 0 Å². The van der Waals surface area contributed by atoms with Crippen molar-refractivity contribution in [1.82, 2.24) is 0 Å². The topological polar surface area (TPSA) is 89.3 Å². The number of primary sulfonamides is 1. The molecule has 0 aliphatic heterocycles. The molecule has 2 aromatic rings. The van der Waals surface area contributed by atoms with E-state index in [1.165, 1.54) is 6.08 Å². The molecule has 0 fully saturated rings. The molecule has 24 heavy (non-hydrogen) atoms. The monoisotopic (exact) mass is 344 g/mol. The maximum Gasteiger partial charge on any atom is 0.248 e. The van der Waals surface area contributed by atoms with Crippen molar-refractivity contribution >= 4 is 27.2 Å². The minimum absolute atomic E-state index is 0.269. The smallest absolute Gasteiger partial charge is 0.248 e. The van der Waals surface area contributed by atoms with Crippen LogP contribution in [0.25, 0.3) is 5.57 Å². The summed E-state index contributed by atoms with van der Waals surface area (Å²) in [6.07, 6.45) is 1.52. The number of hydrogen-bond acceptors (Lipinski definition) is 3. The van der Waals surface area contributed by atoms with Crippen LogP contribution < -0.4 is 10.5 Å². The molecule has 0 spiro atoms. The first-order chi connectivity index (χ1) is 11.2. The van der Waals surface area contributed by atoms with Crippen LogP contribution in [0, 0.1) is 6.92 Å². The predicted molar refractivity (Wildman–Crippen MR) is 96.7 cm³/mol. The quantitative estimate of drug-likeness (QED) is 0.817. The number of rotatable bonds is 5. The Labute approximate surface area is 142 Å². The Kier molecular flexibility index (Phi) is 5.54. The summed E-state index contributed by atoms with van der Waals surface area (Å²) in [6, 6.07) is 14.4. The molecule has 0 unspecified atom stereocenters. The Morgan fingerprint density at radius 2 is 1.88 bits per heavy atom. The largest absolute Gasteiger partial charge is 0.322 e. The highest BCUT2D eigenvalue weighted by atomic mass is 32.2. The number of carbonyl (C=O) groups excluding carboxylic acids is 1. The molecule has 2 aromatic carbocycles. The number of aryl methyl sites for hydroxylation is 1. The second kappa shape index (κ2) is 7.42. The van der Waals surface area contributed by atoms with E-state index in [0.717, 1.165) is 16.7 Å². The fourth-order valence-electron chi connectivity index (χ4n) is 2.44. The van der Waals surface area contributed by atoms with Crippen molar-refractivity contribution in [2.24, 2.45) is 5.14 Å². The Morgan fingerprint density at radius 1 is 1.17 bits per heavy atom. The van der Waals surface area contributed by atoms with E-state index in [1.54, 1.807) is 24.3 Å². The molecule has 6 heteroatoms. The summed E-state index contributed by atoms with van der Waals surface area (Å²) in [7, 11) is -3.61. The first kappa shape index (κ1) is 17.9. The van der Waals surface area contributed by atoms with Crippen LogP contribution in [-0.4, -0.2) is 14.3 Å². The lowest BCUT2D eigenvalue weighted by Gasteiger charge is -2.08. The second-order valence-electron chi connectivity index (χ2n) is 5.64. The van der Waals surface area contributed by atoms with Gasteiger partial charge in [-0.1, -0.05) is 36.4 Å². The van der Waals surface area contributed by atoms with Crippen molar-refractivity contribution in [3.63, 3.8) is 0 Å². The third-order valence-corrected chi connectivity index (χ3v) is 4.22. The van der Waals surface area contributed by atoms with Crippen LogP contribution in [0.2, 0.25) is 0 Å². The highest BCUT2D eigenvalue weighted by Crippen LogP contribution is 2.18. The molecule has 2 rings (SSSR count). The van der Waals surface area contributed by atoms with Gasteiger partial charge in [0.15, 0.2) is 0 Å². The zero-order valence-corrected chi connectivity index (χ0v) is 14.4. The molecular weight excluding hydrogens is 324 g/mol. The van der Waals surface area contributed by atoms with Crippen molar-refractivity contribution < 1.29 is 13.2 Å². The number of carbonyl (C=O) groups is 1. The van der Waals surface area contributed by atoms with Gasteiger partial charge in [0.05, 0.1) is 5.75 Å². The van der Waals surface area contributed by atoms with Crippen LogP contribution in [0.1, 0.15) is 23.6 Å². The molecule has 0 bridgehead atoms. The predicted octanol–water partition coefficient (Wildman–Crippen LogP) is 2.83. The standard InChI is InChI=1S/C18H20N2O3S/c1-13-6-3-4-9-17(13)14(2)10-18(21)20-16-8-5-7-15(11-16)12-24(19,22)23/h3-11H,12H2,1-2H3,(H,20,21)(H2,19,22,23). The molecule has 1 amide bonds. The van der Waals surface area contributed by atoms with Gasteiger partial charge in [0.25, 0.3) is 0 Å². The first-order valence-corrected chi connectivity index (χ1v) is 9.11. The summed E-state index contributed by atoms with van der Waals surface area (Å²) in [4.78, 5) is 12.2. The molecule has 0 heterocycles. The minimum atomic E-state index is -3.61. The summed E-state index contributed by atoms with van der Waals surface area (Å²) in [5, 5.41) is 7.78. The van der Waals surface area contributed by atoms with Crippen LogP contribution in [0.15, 0.2) is 54.6 Å². The molecule has 0 atom stereocenters. The molecule has 0 radical (unpaired) electrons. The summed E-state index contributed by atoms with van der Waals surface area (Å²) in [6.45, 7) is 3.86. The van der Waals surface area contributed by atoms with E-state index in [0.29, 0.717) is 11.3 Å². The van der Waals surface area contributed by atoms with Gasteiger partial charge >= 0.3 is 0 Å². The summed E-state index contributed by atoms with van der Waals surface area (Å²) < 4.78 is 22.3. The van der Waals surface area contributed by atoms with Crippen LogP contribution in [0.4, 0.5) is 5.69 Å². The lowest BCUT2D eigenvalue weighted by atomic mass is 10.0. The second-order valence-corrected chi connectivity index (χ2v) is 7.25. The van der Waals surface area contributed by atoms with Gasteiger partial charge in [0.2, 0.25) is 15.9 Å². The van der Waals surface area contributed by atoms with Gasteiger partial charge in [-0.05, 0) is 48.2 Å². The van der Waals surface area contributed by atoms with Crippen molar-refractivity contribution in [2.45, 2.75) is 19.6 Å². The van der Waals surface area contributed by atoms with Crippen molar-refractivity contribution in [3.05, 3.63) is 71.3 Å². The molecule has 0 aliphatic rings. The Morgan fingerprint density at radius 3 is 2.54 bits per heavy atom. The average molecular weight is 344 g/mol. The maximum atomic E-state index is 12.2. The normalized spacial score (nSPS) is 12.0. The molecular formula is C18H20N2O3S. The highest BCUT2D eigenvalue weighted by molar-refractivity contribution is 7.88. The van der Waals surface area contributed by atoms with Gasteiger partial charge < -0.3 is 5.32 Å². The number of nitrogens with two attached hydrogens (primary N) is 1. The van der Waals surface area contributed by atoms with Crippen LogP contribution in [0.3, 0.4) is 0 Å². The molecule has 0 saturated heterocycles. The molecule has 5 nitrogen and oxygen atoms in total. The molecule has 126 valence electrons. The van der Waals surface area contributed by atoms with Gasteiger partial charge in [-0.25, -0.2) is 13.6 Å². The van der Waals surface area contributed by atoms with Crippen LogP contribution in [0.5, 0.6) is 0 Å². The van der Waals surface area contributed by atoms with E-state index < -0.39 is 10.0 Å². The summed E-state index contributed by atoms with van der Waals surface area (Å²) in [5.41, 5.74) is 4.00. The maximum absolute atomic E-state index is 12.2. The zero-order valence-electron chi connectivity index (χ0n) is 13.6. The van der Waals surface area contributed by atoms with E-state index in [9.17, 15) is 13.2 Å². The van der Waals surface area contributed by atoms with E-state index >= 15 is 0 Å². The number of anilines is 1. The number of allylic oxidation sites excluding steroid dienone is 1. The van der Waals surface area contributed by atoms with Gasteiger partial charge in [0, 0.05) is 11.8 Å². The fraction of sp³-hybridized carbons (Fsp3) is 0.167. The number of amides is 1. The number of benzene rings is 2. The number of nitrogens with one attached hydrogen (secondary N) is 1. The Bertz CT molecular complexity index is 887. The Hall–Kier alpha value is -2.44. The Balaban J connectivity index is 2.14.